The lowest BCUT2D eigenvalue weighted by Crippen LogP contribution is -2.51. The van der Waals surface area contributed by atoms with Gasteiger partial charge in [0.2, 0.25) is 6.29 Å². The fourth-order valence-electron chi connectivity index (χ4n) is 5.41. The molecule has 262 valence electrons. The predicted octanol–water partition coefficient (Wildman–Crippen LogP) is 1.88. The number of ether oxygens (including phenoxy) is 5. The number of aromatic nitrogens is 4. The predicted molar refractivity (Wildman–Crippen MR) is 162 cm³/mol. The van der Waals surface area contributed by atoms with Gasteiger partial charge in [-0.05, 0) is 24.1 Å². The molecule has 5 unspecified atom stereocenters. The maximum Gasteiger partial charge on any atom is 0.481 e. The van der Waals surface area contributed by atoms with Crippen LogP contribution >= 0.6 is 14.5 Å². The molecule has 0 radical (unpaired) electrons. The highest BCUT2D eigenvalue weighted by molar-refractivity contribution is 8.08. The van der Waals surface area contributed by atoms with Crippen LogP contribution in [0.5, 0.6) is 0 Å². The summed E-state index contributed by atoms with van der Waals surface area (Å²) in [5, 5.41) is 0. The van der Waals surface area contributed by atoms with Crippen molar-refractivity contribution in [3.63, 3.8) is 0 Å². The summed E-state index contributed by atoms with van der Waals surface area (Å²) in [5.74, 6) is -2.58. The van der Waals surface area contributed by atoms with Gasteiger partial charge < -0.3 is 43.7 Å². The molecule has 2 fully saturated rings. The number of anilines is 1. The lowest BCUT2D eigenvalue weighted by atomic mass is 9.82. The molecule has 47 heavy (non-hydrogen) atoms. The van der Waals surface area contributed by atoms with Gasteiger partial charge in [-0.15, -0.1) is 0 Å². The molecule has 2 aliphatic heterocycles. The molecule has 0 aromatic carbocycles. The second-order valence-electron chi connectivity index (χ2n) is 11.0. The molecule has 11 atom stereocenters. The Bertz CT molecular complexity index is 1580. The van der Waals surface area contributed by atoms with Crippen LogP contribution in [0.25, 0.3) is 11.2 Å². The molecule has 2 saturated heterocycles. The van der Waals surface area contributed by atoms with Crippen LogP contribution in [0.4, 0.5) is 5.82 Å². The van der Waals surface area contributed by atoms with Crippen LogP contribution in [0.15, 0.2) is 12.7 Å². The van der Waals surface area contributed by atoms with E-state index in [1.807, 2.05) is 13.8 Å². The zero-order valence-corrected chi connectivity index (χ0v) is 28.8. The normalized spacial score (nSPS) is 31.9. The Balaban J connectivity index is 1.53. The van der Waals surface area contributed by atoms with Crippen LogP contribution in [0.3, 0.4) is 0 Å². The molecule has 2 aromatic rings. The van der Waals surface area contributed by atoms with E-state index < -0.39 is 82.1 Å². The van der Waals surface area contributed by atoms with Crippen molar-refractivity contribution in [3.05, 3.63) is 12.7 Å². The smallest absolute Gasteiger partial charge is 0.457 e. The first kappa shape index (κ1) is 37.2. The minimum atomic E-state index is -5.24. The molecular weight excluding hydrogens is 688 g/mol. The van der Waals surface area contributed by atoms with Gasteiger partial charge in [-0.1, -0.05) is 20.8 Å². The second-order valence-corrected chi connectivity index (χ2v) is 15.3. The summed E-state index contributed by atoms with van der Waals surface area (Å²) in [4.78, 5) is 69.5. The lowest BCUT2D eigenvalue weighted by Gasteiger charge is -2.43. The standard InChI is InChI=1S/C25H37N5O14P2S/c1-7-16-11(2)12(3)19(38-13(4)31)25(42-16)43-45(34,35)44-46(36,47)37-8-17-20(39-14(5)32)21(40-15(6)33)24(41-17)30-10-29-18-22(26)27-9-28-23(18)30/h9-12,16-17,19-21,24-25H,7-8H2,1-6H3,(H,34,35)(H,36,47)(H2,26,27,28)/t11-,12-,16?,17+,19?,20?,21-,24+,25-,46?/m0/s1. The van der Waals surface area contributed by atoms with Gasteiger partial charge in [-0.25, -0.2) is 23.8 Å². The highest BCUT2D eigenvalue weighted by Crippen LogP contribution is 2.62. The third kappa shape index (κ3) is 8.89. The van der Waals surface area contributed by atoms with Crippen molar-refractivity contribution in [1.82, 2.24) is 19.5 Å². The van der Waals surface area contributed by atoms with Gasteiger partial charge in [0, 0.05) is 26.7 Å². The monoisotopic (exact) mass is 725 g/mol. The van der Waals surface area contributed by atoms with Crippen LogP contribution in [0.1, 0.15) is 54.2 Å². The van der Waals surface area contributed by atoms with E-state index in [1.165, 1.54) is 24.1 Å². The topological polar surface area (TPSA) is 252 Å². The number of hydrogen-bond acceptors (Lipinski definition) is 17. The van der Waals surface area contributed by atoms with Gasteiger partial charge in [0.25, 0.3) is 0 Å². The third-order valence-corrected chi connectivity index (χ3v) is 11.1. The summed E-state index contributed by atoms with van der Waals surface area (Å²) in [6.45, 7) is 3.59. The molecule has 4 N–H and O–H groups in total. The lowest BCUT2D eigenvalue weighted by molar-refractivity contribution is -0.250. The fourth-order valence-corrected chi connectivity index (χ4v) is 8.51. The van der Waals surface area contributed by atoms with Gasteiger partial charge in [-0.3, -0.25) is 23.5 Å². The van der Waals surface area contributed by atoms with Crippen LogP contribution < -0.4 is 5.73 Å². The molecule has 4 rings (SSSR count). The summed E-state index contributed by atoms with van der Waals surface area (Å²) < 4.78 is 57.9. The molecule has 0 amide bonds. The number of rotatable bonds is 12. The number of esters is 3. The number of hydrogen-bond donors (Lipinski definition) is 3. The van der Waals surface area contributed by atoms with Crippen LogP contribution in [-0.2, 0) is 67.8 Å². The van der Waals surface area contributed by atoms with Crippen molar-refractivity contribution in [2.45, 2.75) is 91.0 Å². The SMILES string of the molecule is CCC1O[C@@H](OP(=O)(O)OP(O)(=S)OC[C@H]2O[C@@H](n3cnc4c(N)ncnc43)[C@@H](OC(C)=O)C2OC(C)=O)C(OC(C)=O)[C@@H](C)[C@@H]1C. The van der Waals surface area contributed by atoms with E-state index in [9.17, 15) is 28.7 Å². The number of nitrogens with zero attached hydrogens (tertiary/aromatic N) is 4. The number of fused-ring (bicyclic) bond motifs is 1. The zero-order valence-electron chi connectivity index (χ0n) is 26.2. The van der Waals surface area contributed by atoms with E-state index in [1.54, 1.807) is 6.92 Å². The molecule has 0 spiro atoms. The molecule has 22 heteroatoms. The van der Waals surface area contributed by atoms with Crippen molar-refractivity contribution in [2.75, 3.05) is 12.3 Å². The van der Waals surface area contributed by atoms with Gasteiger partial charge in [-0.2, -0.15) is 0 Å². The van der Waals surface area contributed by atoms with Crippen molar-refractivity contribution in [2.24, 2.45) is 11.8 Å². The van der Waals surface area contributed by atoms with Gasteiger partial charge in [0.05, 0.1) is 19.0 Å². The van der Waals surface area contributed by atoms with E-state index >= 15 is 0 Å². The molecule has 19 nitrogen and oxygen atoms in total. The quantitative estimate of drug-likeness (QED) is 0.160. The third-order valence-electron chi connectivity index (χ3n) is 7.61. The highest BCUT2D eigenvalue weighted by atomic mass is 32.5. The molecule has 0 bridgehead atoms. The summed E-state index contributed by atoms with van der Waals surface area (Å²) in [5.41, 5.74) is 6.30. The first-order chi connectivity index (χ1) is 21.9. The first-order valence-corrected chi connectivity index (χ1v) is 18.5. The van der Waals surface area contributed by atoms with Gasteiger partial charge in [0.1, 0.15) is 17.9 Å². The summed E-state index contributed by atoms with van der Waals surface area (Å²) in [6.07, 6.45) is -5.17. The Labute approximate surface area is 274 Å². The Morgan fingerprint density at radius 3 is 2.19 bits per heavy atom. The number of phosphoric acid groups is 1. The Kier molecular flexibility index (Phi) is 11.8. The number of phosphoric ester groups is 1. The van der Waals surface area contributed by atoms with Crippen molar-refractivity contribution in [1.29, 1.82) is 0 Å². The number of imidazole rings is 1. The van der Waals surface area contributed by atoms with Crippen LogP contribution in [-0.4, -0.2) is 90.6 Å². The maximum atomic E-state index is 13.1. The van der Waals surface area contributed by atoms with Gasteiger partial charge >= 0.3 is 32.4 Å². The highest BCUT2D eigenvalue weighted by Gasteiger charge is 2.52. The van der Waals surface area contributed by atoms with Gasteiger partial charge in [0.15, 0.2) is 36.0 Å². The van der Waals surface area contributed by atoms with Crippen molar-refractivity contribution in [3.8, 4) is 0 Å². The van der Waals surface area contributed by atoms with E-state index in [0.717, 1.165) is 13.8 Å². The average molecular weight is 726 g/mol. The van der Waals surface area contributed by atoms with E-state index in [2.05, 4.69) is 15.0 Å². The van der Waals surface area contributed by atoms with Crippen LogP contribution in [0.2, 0.25) is 0 Å². The average Bonchev–Trinajstić information content (AvgIpc) is 3.52. The molecule has 0 saturated carbocycles. The minimum Gasteiger partial charge on any atom is -0.457 e. The summed E-state index contributed by atoms with van der Waals surface area (Å²) in [7, 11) is -5.24. The van der Waals surface area contributed by atoms with Crippen molar-refractivity contribution >= 4 is 61.2 Å². The number of nitrogens with two attached hydrogens (primary N) is 1. The molecule has 2 aliphatic rings. The van der Waals surface area contributed by atoms with Crippen LogP contribution in [0, 0.1) is 11.8 Å². The summed E-state index contributed by atoms with van der Waals surface area (Å²) in [6, 6.07) is 0. The van der Waals surface area contributed by atoms with Crippen molar-refractivity contribution < 1.29 is 65.8 Å². The Hall–Kier alpha value is -2.64. The molecule has 0 aliphatic carbocycles. The largest absolute Gasteiger partial charge is 0.481 e. The number of carbonyl (C=O) groups excluding carboxylic acids is 3. The molecule has 2 aromatic heterocycles. The summed E-state index contributed by atoms with van der Waals surface area (Å²) >= 11 is 4.98. The number of nitrogen functional groups attached to an aromatic ring is 1. The van der Waals surface area contributed by atoms with E-state index in [0.29, 0.717) is 6.42 Å². The zero-order chi connectivity index (χ0) is 34.8. The fraction of sp³-hybridized carbons (Fsp3) is 0.680. The molecular formula is C25H37N5O14P2S. The second kappa shape index (κ2) is 14.9. The number of carbonyl (C=O) groups is 3. The van der Waals surface area contributed by atoms with E-state index in [4.69, 9.17) is 54.6 Å². The Morgan fingerprint density at radius 1 is 0.957 bits per heavy atom. The first-order valence-electron chi connectivity index (χ1n) is 14.4. The minimum absolute atomic E-state index is 0.0629. The maximum absolute atomic E-state index is 13.1. The van der Waals surface area contributed by atoms with E-state index in [-0.39, 0.29) is 28.8 Å². The Morgan fingerprint density at radius 2 is 1.57 bits per heavy atom. The molecule has 4 heterocycles.